The lowest BCUT2D eigenvalue weighted by molar-refractivity contribution is -0.200. The van der Waals surface area contributed by atoms with Gasteiger partial charge < -0.3 is 19.9 Å². The van der Waals surface area contributed by atoms with Crippen molar-refractivity contribution < 1.29 is 29.5 Å². The van der Waals surface area contributed by atoms with Gasteiger partial charge in [-0.05, 0) is 87.5 Å². The molecule has 2 unspecified atom stereocenters. The molecule has 2 aliphatic heterocycles. The van der Waals surface area contributed by atoms with Gasteiger partial charge in [-0.2, -0.15) is 10.1 Å². The van der Waals surface area contributed by atoms with Crippen LogP contribution >= 0.6 is 0 Å². The molecular weight excluding hydrogens is 400 g/mol. The van der Waals surface area contributed by atoms with E-state index in [4.69, 9.17) is 9.47 Å². The van der Waals surface area contributed by atoms with Crippen LogP contribution in [0, 0.1) is 11.8 Å². The molecule has 0 aromatic heterocycles. The molecule has 0 radical (unpaired) electrons. The van der Waals surface area contributed by atoms with Crippen molar-refractivity contribution in [2.24, 2.45) is 11.8 Å². The summed E-state index contributed by atoms with van der Waals surface area (Å²) in [6.45, 7) is 15.7. The molecule has 0 aromatic carbocycles. The van der Waals surface area contributed by atoms with Gasteiger partial charge in [0, 0.05) is 11.1 Å². The molecule has 0 amide bonds. The zero-order valence-electron chi connectivity index (χ0n) is 20.5. The Kier molecular flexibility index (Phi) is 7.53. The predicted octanol–water partition coefficient (Wildman–Crippen LogP) is 3.78. The van der Waals surface area contributed by atoms with E-state index in [2.05, 4.69) is 0 Å². The average Bonchev–Trinajstić information content (AvgIpc) is 2.93. The van der Waals surface area contributed by atoms with Crippen molar-refractivity contribution >= 4 is 11.9 Å². The van der Waals surface area contributed by atoms with Gasteiger partial charge in [-0.3, -0.25) is 9.59 Å². The summed E-state index contributed by atoms with van der Waals surface area (Å²) in [6.07, 6.45) is 3.25. The van der Waals surface area contributed by atoms with Crippen LogP contribution in [0.2, 0.25) is 0 Å². The SMILES string of the molecule is CC1(C)CC(C(=O)OCCCCCOC(=O)C2CC(C)(C)N(O)C2(C)C)C(C)(C)N1O. The fraction of sp³-hybridized carbons (Fsp3) is 0.913. The van der Waals surface area contributed by atoms with Crippen LogP contribution in [0.1, 0.15) is 87.5 Å². The molecule has 2 N–H and O–H groups in total. The van der Waals surface area contributed by atoms with Gasteiger partial charge in [0.15, 0.2) is 0 Å². The number of rotatable bonds is 8. The first kappa shape index (κ1) is 26.0. The maximum atomic E-state index is 12.5. The Labute approximate surface area is 186 Å². The van der Waals surface area contributed by atoms with Crippen LogP contribution in [0.3, 0.4) is 0 Å². The van der Waals surface area contributed by atoms with Crippen LogP contribution in [-0.2, 0) is 19.1 Å². The average molecular weight is 443 g/mol. The number of hydrogen-bond acceptors (Lipinski definition) is 8. The molecule has 8 nitrogen and oxygen atoms in total. The number of hydrogen-bond donors (Lipinski definition) is 2. The first-order valence-corrected chi connectivity index (χ1v) is 11.4. The fourth-order valence-corrected chi connectivity index (χ4v) is 5.20. The van der Waals surface area contributed by atoms with Gasteiger partial charge in [-0.25, -0.2) is 0 Å². The van der Waals surface area contributed by atoms with Gasteiger partial charge in [0.25, 0.3) is 0 Å². The Morgan fingerprint density at radius 3 is 1.29 bits per heavy atom. The van der Waals surface area contributed by atoms with Crippen LogP contribution in [0.5, 0.6) is 0 Å². The van der Waals surface area contributed by atoms with E-state index in [9.17, 15) is 20.0 Å². The Bertz CT molecular complexity index is 617. The Morgan fingerprint density at radius 2 is 1.03 bits per heavy atom. The van der Waals surface area contributed by atoms with Crippen molar-refractivity contribution in [1.82, 2.24) is 10.1 Å². The molecule has 180 valence electrons. The first-order valence-electron chi connectivity index (χ1n) is 11.4. The second kappa shape index (κ2) is 8.96. The topological polar surface area (TPSA) is 99.5 Å². The maximum Gasteiger partial charge on any atom is 0.310 e. The highest BCUT2D eigenvalue weighted by atomic mass is 16.5. The summed E-state index contributed by atoms with van der Waals surface area (Å²) in [7, 11) is 0. The fourth-order valence-electron chi connectivity index (χ4n) is 5.20. The van der Waals surface area contributed by atoms with Crippen molar-refractivity contribution in [3.05, 3.63) is 0 Å². The molecule has 0 bridgehead atoms. The van der Waals surface area contributed by atoms with Gasteiger partial charge in [-0.15, -0.1) is 0 Å². The van der Waals surface area contributed by atoms with Crippen molar-refractivity contribution in [1.29, 1.82) is 0 Å². The molecule has 2 aliphatic rings. The smallest absolute Gasteiger partial charge is 0.310 e. The normalized spacial score (nSPS) is 29.1. The summed E-state index contributed by atoms with van der Waals surface area (Å²) in [5.74, 6) is -1.31. The third-order valence-corrected chi connectivity index (χ3v) is 7.20. The number of ether oxygens (including phenoxy) is 2. The second-order valence-corrected chi connectivity index (χ2v) is 11.5. The minimum atomic E-state index is -0.665. The van der Waals surface area contributed by atoms with Crippen molar-refractivity contribution in [3.63, 3.8) is 0 Å². The van der Waals surface area contributed by atoms with Crippen LogP contribution in [0.4, 0.5) is 0 Å². The van der Waals surface area contributed by atoms with E-state index in [-0.39, 0.29) is 23.8 Å². The van der Waals surface area contributed by atoms with Crippen LogP contribution < -0.4 is 0 Å². The largest absolute Gasteiger partial charge is 0.465 e. The van der Waals surface area contributed by atoms with Crippen molar-refractivity contribution in [2.75, 3.05) is 13.2 Å². The lowest BCUT2D eigenvalue weighted by Gasteiger charge is -2.35. The molecular formula is C23H42N2O6. The Morgan fingerprint density at radius 1 is 0.710 bits per heavy atom. The highest BCUT2D eigenvalue weighted by Crippen LogP contribution is 2.45. The molecule has 0 saturated carbocycles. The summed E-state index contributed by atoms with van der Waals surface area (Å²) < 4.78 is 10.9. The van der Waals surface area contributed by atoms with E-state index >= 15 is 0 Å². The third-order valence-electron chi connectivity index (χ3n) is 7.20. The zero-order chi connectivity index (χ0) is 23.8. The second-order valence-electron chi connectivity index (χ2n) is 11.5. The quantitative estimate of drug-likeness (QED) is 0.433. The molecule has 8 heteroatoms. The minimum absolute atomic E-state index is 0.277. The van der Waals surface area contributed by atoms with E-state index in [1.54, 1.807) is 0 Å². The van der Waals surface area contributed by atoms with Crippen molar-refractivity contribution in [3.8, 4) is 0 Å². The maximum absolute atomic E-state index is 12.5. The molecule has 31 heavy (non-hydrogen) atoms. The summed E-state index contributed by atoms with van der Waals surface area (Å²) in [4.78, 5) is 25.0. The molecule has 2 atom stereocenters. The number of carbonyl (C=O) groups excluding carboxylic acids is 2. The van der Waals surface area contributed by atoms with Gasteiger partial charge in [0.05, 0.1) is 36.1 Å². The summed E-state index contributed by atoms with van der Waals surface area (Å²) in [5.41, 5.74) is -2.26. The van der Waals surface area contributed by atoms with Crippen molar-refractivity contribution in [2.45, 2.75) is 110 Å². The first-order chi connectivity index (χ1) is 14.0. The van der Waals surface area contributed by atoms with Gasteiger partial charge in [0.2, 0.25) is 0 Å². The number of hydroxylamine groups is 4. The monoisotopic (exact) mass is 442 g/mol. The molecule has 2 fully saturated rings. The van der Waals surface area contributed by atoms with E-state index in [1.165, 1.54) is 10.1 Å². The summed E-state index contributed by atoms with van der Waals surface area (Å²) >= 11 is 0. The predicted molar refractivity (Wildman–Crippen MR) is 116 cm³/mol. The van der Waals surface area contributed by atoms with Crippen LogP contribution in [0.15, 0.2) is 0 Å². The zero-order valence-corrected chi connectivity index (χ0v) is 20.5. The molecule has 0 aromatic rings. The summed E-state index contributed by atoms with van der Waals surface area (Å²) in [5, 5.41) is 23.2. The number of carbonyl (C=O) groups is 2. The third kappa shape index (κ3) is 5.24. The molecule has 0 aliphatic carbocycles. The van der Waals surface area contributed by atoms with Gasteiger partial charge in [-0.1, -0.05) is 0 Å². The highest BCUT2D eigenvalue weighted by molar-refractivity contribution is 5.75. The highest BCUT2D eigenvalue weighted by Gasteiger charge is 2.55. The van der Waals surface area contributed by atoms with E-state index in [0.717, 1.165) is 6.42 Å². The Hall–Kier alpha value is -1.22. The molecule has 2 saturated heterocycles. The number of nitrogens with zero attached hydrogens (tertiary/aromatic N) is 2. The van der Waals surface area contributed by atoms with Gasteiger partial charge >= 0.3 is 11.9 Å². The standard InChI is InChI=1S/C23H42N2O6/c1-20(2)14-16(22(5,6)24(20)28)18(26)30-12-10-9-11-13-31-19(27)17-15-21(3,4)25(29)23(17,7)8/h16-17,28-29H,9-15H2,1-8H3. The Balaban J connectivity index is 1.66. The van der Waals surface area contributed by atoms with Crippen LogP contribution in [-0.4, -0.2) is 67.8 Å². The summed E-state index contributed by atoms with van der Waals surface area (Å²) in [6, 6.07) is 0. The lowest BCUT2D eigenvalue weighted by atomic mass is 9.87. The molecule has 0 spiro atoms. The molecule has 2 rings (SSSR count). The minimum Gasteiger partial charge on any atom is -0.465 e. The number of unbranched alkanes of at least 4 members (excludes halogenated alkanes) is 2. The van der Waals surface area contributed by atoms with Crippen LogP contribution in [0.25, 0.3) is 0 Å². The van der Waals surface area contributed by atoms with E-state index in [0.29, 0.717) is 38.9 Å². The van der Waals surface area contributed by atoms with E-state index < -0.39 is 22.2 Å². The van der Waals surface area contributed by atoms with E-state index in [1.807, 2.05) is 55.4 Å². The lowest BCUT2D eigenvalue weighted by Crippen LogP contribution is -2.48. The molecule has 2 heterocycles. The van der Waals surface area contributed by atoms with Gasteiger partial charge in [0.1, 0.15) is 0 Å². The number of esters is 2.